The molecule has 0 aromatic carbocycles. The molecule has 0 unspecified atom stereocenters. The summed E-state index contributed by atoms with van der Waals surface area (Å²) in [5.74, 6) is 0.209. The molecule has 1 aromatic heterocycles. The molecule has 0 aliphatic rings. The Balaban J connectivity index is 2.27. The predicted molar refractivity (Wildman–Crippen MR) is 70.5 cm³/mol. The minimum absolute atomic E-state index is 0.103. The van der Waals surface area contributed by atoms with Crippen molar-refractivity contribution in [3.8, 4) is 0 Å². The highest BCUT2D eigenvalue weighted by Gasteiger charge is 2.04. The number of aromatic carboxylic acids is 1. The molecule has 0 aliphatic heterocycles. The number of carboxylic acid groups (broad SMARTS) is 1. The van der Waals surface area contributed by atoms with Crippen LogP contribution in [-0.4, -0.2) is 34.6 Å². The summed E-state index contributed by atoms with van der Waals surface area (Å²) in [6.07, 6.45) is 4.45. The smallest absolute Gasteiger partial charge is 0.354 e. The van der Waals surface area contributed by atoms with Gasteiger partial charge < -0.3 is 10.4 Å². The van der Waals surface area contributed by atoms with E-state index in [9.17, 15) is 4.79 Å². The average molecular weight is 254 g/mol. The molecule has 0 aliphatic carbocycles. The van der Waals surface area contributed by atoms with E-state index in [-0.39, 0.29) is 5.69 Å². The first-order valence-corrected chi connectivity index (χ1v) is 7.02. The van der Waals surface area contributed by atoms with Crippen molar-refractivity contribution in [1.29, 1.82) is 0 Å². The van der Waals surface area contributed by atoms with Crippen molar-refractivity contribution in [2.24, 2.45) is 0 Å². The Morgan fingerprint density at radius 2 is 2.29 bits per heavy atom. The van der Waals surface area contributed by atoms with Gasteiger partial charge in [0.1, 0.15) is 5.69 Å². The van der Waals surface area contributed by atoms with E-state index in [1.165, 1.54) is 18.2 Å². The van der Waals surface area contributed by atoms with Gasteiger partial charge in [-0.3, -0.25) is 0 Å². The summed E-state index contributed by atoms with van der Waals surface area (Å²) in [6, 6.07) is 5.06. The number of aromatic nitrogens is 1. The maximum absolute atomic E-state index is 10.7. The number of thioether (sulfide) groups is 1. The molecule has 0 saturated carbocycles. The molecule has 1 heterocycles. The Morgan fingerprint density at radius 1 is 1.47 bits per heavy atom. The lowest BCUT2D eigenvalue weighted by Gasteiger charge is -2.04. The summed E-state index contributed by atoms with van der Waals surface area (Å²) in [6.45, 7) is 1.57. The first-order chi connectivity index (χ1) is 8.24. The Bertz CT molecular complexity index is 358. The van der Waals surface area contributed by atoms with Gasteiger partial charge in [-0.15, -0.1) is 0 Å². The minimum atomic E-state index is -0.980. The maximum atomic E-state index is 10.7. The summed E-state index contributed by atoms with van der Waals surface area (Å²) in [4.78, 5) is 14.8. The van der Waals surface area contributed by atoms with E-state index >= 15 is 0 Å². The minimum Gasteiger partial charge on any atom is -0.477 e. The highest BCUT2D eigenvalue weighted by atomic mass is 32.2. The Hall–Kier alpha value is -1.07. The molecular formula is C12H18N2O2S. The number of carbonyl (C=O) groups is 1. The van der Waals surface area contributed by atoms with Gasteiger partial charge >= 0.3 is 5.97 Å². The quantitative estimate of drug-likeness (QED) is 0.695. The number of unbranched alkanes of at least 4 members (excludes halogenated alkanes) is 1. The van der Waals surface area contributed by atoms with Gasteiger partial charge in [0.2, 0.25) is 0 Å². The SMILES string of the molecule is CSCCCCNCc1cccc(C(=O)O)n1. The zero-order chi connectivity index (χ0) is 12.5. The van der Waals surface area contributed by atoms with Crippen LogP contribution < -0.4 is 5.32 Å². The number of pyridine rings is 1. The zero-order valence-electron chi connectivity index (χ0n) is 9.98. The highest BCUT2D eigenvalue weighted by molar-refractivity contribution is 7.98. The second kappa shape index (κ2) is 8.08. The molecule has 5 heteroatoms. The summed E-state index contributed by atoms with van der Waals surface area (Å²) < 4.78 is 0. The highest BCUT2D eigenvalue weighted by Crippen LogP contribution is 2.00. The fraction of sp³-hybridized carbons (Fsp3) is 0.500. The van der Waals surface area contributed by atoms with Crippen LogP contribution in [0.25, 0.3) is 0 Å². The lowest BCUT2D eigenvalue weighted by molar-refractivity contribution is 0.0690. The van der Waals surface area contributed by atoms with Crippen molar-refractivity contribution >= 4 is 17.7 Å². The molecule has 0 spiro atoms. The van der Waals surface area contributed by atoms with E-state index in [2.05, 4.69) is 16.6 Å². The number of carboxylic acids is 1. The molecule has 2 N–H and O–H groups in total. The summed E-state index contributed by atoms with van der Waals surface area (Å²) in [5, 5.41) is 12.1. The Kier molecular flexibility index (Phi) is 6.65. The number of hydrogen-bond acceptors (Lipinski definition) is 4. The third-order valence-corrected chi connectivity index (χ3v) is 2.98. The van der Waals surface area contributed by atoms with Gasteiger partial charge in [-0.2, -0.15) is 11.8 Å². The molecule has 1 aromatic rings. The van der Waals surface area contributed by atoms with Gasteiger partial charge in [0.25, 0.3) is 0 Å². The molecule has 0 fully saturated rings. The second-order valence-corrected chi connectivity index (χ2v) is 4.68. The number of rotatable bonds is 8. The van der Waals surface area contributed by atoms with Crippen LogP contribution in [0.2, 0.25) is 0 Å². The van der Waals surface area contributed by atoms with Crippen molar-refractivity contribution < 1.29 is 9.90 Å². The van der Waals surface area contributed by atoms with Crippen LogP contribution in [0.1, 0.15) is 29.0 Å². The van der Waals surface area contributed by atoms with E-state index in [0.717, 1.165) is 18.7 Å². The van der Waals surface area contributed by atoms with E-state index < -0.39 is 5.97 Å². The van der Waals surface area contributed by atoms with Crippen LogP contribution in [-0.2, 0) is 6.54 Å². The largest absolute Gasteiger partial charge is 0.477 e. The molecule has 0 radical (unpaired) electrons. The van der Waals surface area contributed by atoms with Crippen LogP contribution in [0.3, 0.4) is 0 Å². The molecule has 0 saturated heterocycles. The van der Waals surface area contributed by atoms with Gasteiger partial charge in [-0.1, -0.05) is 6.07 Å². The monoisotopic (exact) mass is 254 g/mol. The van der Waals surface area contributed by atoms with Crippen molar-refractivity contribution in [3.05, 3.63) is 29.6 Å². The molecule has 0 atom stereocenters. The lowest BCUT2D eigenvalue weighted by Crippen LogP contribution is -2.16. The first-order valence-electron chi connectivity index (χ1n) is 5.63. The van der Waals surface area contributed by atoms with Crippen LogP contribution >= 0.6 is 11.8 Å². The third-order valence-electron chi connectivity index (χ3n) is 2.28. The molecule has 17 heavy (non-hydrogen) atoms. The standard InChI is InChI=1S/C12H18N2O2S/c1-17-8-3-2-7-13-9-10-5-4-6-11(14-10)12(15)16/h4-6,13H,2-3,7-9H2,1H3,(H,15,16). The molecule has 4 nitrogen and oxygen atoms in total. The van der Waals surface area contributed by atoms with Crippen molar-refractivity contribution in [3.63, 3.8) is 0 Å². The topological polar surface area (TPSA) is 62.2 Å². The molecule has 1 rings (SSSR count). The van der Waals surface area contributed by atoms with Gasteiger partial charge in [-0.25, -0.2) is 9.78 Å². The maximum Gasteiger partial charge on any atom is 0.354 e. The van der Waals surface area contributed by atoms with Crippen LogP contribution in [0.5, 0.6) is 0 Å². The fourth-order valence-corrected chi connectivity index (χ4v) is 1.90. The van der Waals surface area contributed by atoms with Crippen molar-refractivity contribution in [2.75, 3.05) is 18.6 Å². The summed E-state index contributed by atoms with van der Waals surface area (Å²) in [5.41, 5.74) is 0.876. The normalized spacial score (nSPS) is 10.4. The van der Waals surface area contributed by atoms with Crippen molar-refractivity contribution in [1.82, 2.24) is 10.3 Å². The van der Waals surface area contributed by atoms with Crippen LogP contribution in [0.4, 0.5) is 0 Å². The van der Waals surface area contributed by atoms with Crippen LogP contribution in [0.15, 0.2) is 18.2 Å². The zero-order valence-corrected chi connectivity index (χ0v) is 10.8. The van der Waals surface area contributed by atoms with E-state index in [1.54, 1.807) is 6.07 Å². The summed E-state index contributed by atoms with van der Waals surface area (Å²) >= 11 is 1.86. The fourth-order valence-electron chi connectivity index (χ4n) is 1.41. The van der Waals surface area contributed by atoms with Gasteiger partial charge in [-0.05, 0) is 43.5 Å². The van der Waals surface area contributed by atoms with Crippen molar-refractivity contribution in [2.45, 2.75) is 19.4 Å². The summed E-state index contributed by atoms with van der Waals surface area (Å²) in [7, 11) is 0. The molecule has 0 bridgehead atoms. The second-order valence-electron chi connectivity index (χ2n) is 3.70. The molecule has 94 valence electrons. The lowest BCUT2D eigenvalue weighted by atomic mass is 10.3. The van der Waals surface area contributed by atoms with Crippen LogP contribution in [0, 0.1) is 0 Å². The van der Waals surface area contributed by atoms with E-state index in [0.29, 0.717) is 6.54 Å². The number of nitrogens with one attached hydrogen (secondary N) is 1. The van der Waals surface area contributed by atoms with Gasteiger partial charge in [0.05, 0.1) is 5.69 Å². The number of hydrogen-bond donors (Lipinski definition) is 2. The Morgan fingerprint density at radius 3 is 3.00 bits per heavy atom. The van der Waals surface area contributed by atoms with E-state index in [1.807, 2.05) is 17.8 Å². The Labute approximate surface area is 106 Å². The predicted octanol–water partition coefficient (Wildman–Crippen LogP) is 2.01. The molecular weight excluding hydrogens is 236 g/mol. The first kappa shape index (κ1) is 14.0. The average Bonchev–Trinajstić information content (AvgIpc) is 2.34. The van der Waals surface area contributed by atoms with Gasteiger partial charge in [0.15, 0.2) is 0 Å². The third kappa shape index (κ3) is 5.70. The number of nitrogens with zero attached hydrogens (tertiary/aromatic N) is 1. The van der Waals surface area contributed by atoms with E-state index in [4.69, 9.17) is 5.11 Å². The van der Waals surface area contributed by atoms with Gasteiger partial charge in [0, 0.05) is 6.54 Å². The molecule has 0 amide bonds.